The Balaban J connectivity index is 5.41. The van der Waals surface area contributed by atoms with Crippen molar-refractivity contribution in [2.45, 2.75) is 240 Å². The first-order valence-corrected chi connectivity index (χ1v) is 23.6. The lowest BCUT2D eigenvalue weighted by molar-refractivity contribution is -0.696. The van der Waals surface area contributed by atoms with Gasteiger partial charge in [0.15, 0.2) is 5.92 Å². The van der Waals surface area contributed by atoms with Crippen molar-refractivity contribution in [3.05, 3.63) is 0 Å². The maximum absolute atomic E-state index is 13.7. The molecule has 0 heterocycles. The Kier molecular flexibility index (Phi) is 38.1. The fourth-order valence-electron chi connectivity index (χ4n) is 7.07. The molecule has 0 aromatic heterocycles. The molecule has 52 heavy (non-hydrogen) atoms. The molecule has 0 aliphatic rings. The summed E-state index contributed by atoms with van der Waals surface area (Å²) in [6.45, 7) is 11.3. The SMILES string of the molecule is CCCCCCCCCCCC[N+](S)(CCCCCCCCCCCC)C(=S)C(CC(=O)OCCCCCCCC)C(=O)OCCCCCCCC. The number of hydrogen-bond donors (Lipinski definition) is 1. The lowest BCUT2D eigenvalue weighted by Crippen LogP contribution is -2.50. The Morgan fingerprint density at radius 1 is 0.462 bits per heavy atom. The zero-order valence-electron chi connectivity index (χ0n) is 35.2. The van der Waals surface area contributed by atoms with Crippen LogP contribution in [0.25, 0.3) is 0 Å². The van der Waals surface area contributed by atoms with Gasteiger partial charge in [0.25, 0.3) is 0 Å². The average Bonchev–Trinajstić information content (AvgIpc) is 3.14. The van der Waals surface area contributed by atoms with Crippen LogP contribution in [0.4, 0.5) is 0 Å². The summed E-state index contributed by atoms with van der Waals surface area (Å²) in [5.41, 5.74) is 0. The molecular formula is C45H88NO4S2+. The molecule has 0 aliphatic heterocycles. The minimum absolute atomic E-state index is 0.0549. The van der Waals surface area contributed by atoms with Gasteiger partial charge in [0.1, 0.15) is 0 Å². The van der Waals surface area contributed by atoms with E-state index in [4.69, 9.17) is 34.5 Å². The van der Waals surface area contributed by atoms with Crippen LogP contribution in [0.3, 0.4) is 0 Å². The van der Waals surface area contributed by atoms with Crippen molar-refractivity contribution in [1.82, 2.24) is 0 Å². The Morgan fingerprint density at radius 2 is 0.750 bits per heavy atom. The van der Waals surface area contributed by atoms with Crippen LogP contribution in [0.5, 0.6) is 0 Å². The molecule has 0 aromatic carbocycles. The molecule has 0 aliphatic carbocycles. The monoisotopic (exact) mass is 771 g/mol. The number of quaternary nitrogens is 1. The molecule has 0 aromatic rings. The standard InChI is InChI=1S/C45H88NO4S2/c1-5-9-13-17-21-23-25-27-29-33-37-46(52,38-34-30-28-26-24-22-18-14-10-6-2)44(51)42(45(48)50-40-36-32-20-16-12-8-4)41-43(47)49-39-35-31-19-15-11-7-3/h42,52H,5-41H2,1-4H3/q+1. The Hall–Kier alpha value is -0.660. The summed E-state index contributed by atoms with van der Waals surface area (Å²) in [7, 11) is 0. The highest BCUT2D eigenvalue weighted by molar-refractivity contribution is 7.82. The van der Waals surface area contributed by atoms with Crippen molar-refractivity contribution in [3.8, 4) is 0 Å². The van der Waals surface area contributed by atoms with Gasteiger partial charge in [-0.25, -0.2) is 3.89 Å². The van der Waals surface area contributed by atoms with Gasteiger partial charge >= 0.3 is 11.9 Å². The molecule has 0 saturated heterocycles. The summed E-state index contributed by atoms with van der Waals surface area (Å²) < 4.78 is 11.8. The van der Waals surface area contributed by atoms with E-state index in [-0.39, 0.29) is 22.2 Å². The van der Waals surface area contributed by atoms with Crippen LogP contribution in [-0.4, -0.2) is 47.1 Å². The van der Waals surface area contributed by atoms with Crippen LogP contribution >= 0.6 is 25.0 Å². The number of hydrogen-bond acceptors (Lipinski definition) is 6. The van der Waals surface area contributed by atoms with E-state index in [1.54, 1.807) is 0 Å². The third-order valence-corrected chi connectivity index (χ3v) is 12.0. The second kappa shape index (κ2) is 38.6. The van der Waals surface area contributed by atoms with Gasteiger partial charge in [-0.3, -0.25) is 9.59 Å². The van der Waals surface area contributed by atoms with Gasteiger partial charge in [-0.2, -0.15) is 0 Å². The fourth-order valence-corrected chi connectivity index (χ4v) is 7.85. The number of thiol groups is 1. The predicted molar refractivity (Wildman–Crippen MR) is 232 cm³/mol. The zero-order valence-corrected chi connectivity index (χ0v) is 36.9. The molecule has 0 spiro atoms. The van der Waals surface area contributed by atoms with E-state index in [0.717, 1.165) is 70.9 Å². The van der Waals surface area contributed by atoms with E-state index >= 15 is 0 Å². The van der Waals surface area contributed by atoms with Crippen molar-refractivity contribution < 1.29 is 23.0 Å². The molecule has 1 unspecified atom stereocenters. The average molecular weight is 771 g/mol. The molecule has 308 valence electrons. The van der Waals surface area contributed by atoms with Gasteiger partial charge in [-0.15, -0.1) is 0 Å². The zero-order chi connectivity index (χ0) is 38.4. The van der Waals surface area contributed by atoms with Crippen LogP contribution in [0, 0.1) is 5.92 Å². The van der Waals surface area contributed by atoms with Gasteiger partial charge < -0.3 is 9.47 Å². The minimum Gasteiger partial charge on any atom is -0.466 e. The number of esters is 2. The van der Waals surface area contributed by atoms with E-state index in [1.165, 1.54) is 148 Å². The molecule has 0 amide bonds. The summed E-state index contributed by atoms with van der Waals surface area (Å²) >= 11 is 11.4. The normalized spacial score (nSPS) is 12.2. The Bertz CT molecular complexity index is 799. The van der Waals surface area contributed by atoms with Crippen molar-refractivity contribution in [3.63, 3.8) is 0 Å². The van der Waals surface area contributed by atoms with Gasteiger partial charge in [-0.05, 0) is 50.7 Å². The maximum atomic E-state index is 13.7. The van der Waals surface area contributed by atoms with E-state index in [1.807, 2.05) is 0 Å². The van der Waals surface area contributed by atoms with Crippen LogP contribution in [0.1, 0.15) is 240 Å². The van der Waals surface area contributed by atoms with E-state index in [9.17, 15) is 9.59 Å². The molecule has 0 saturated carbocycles. The number of nitrogens with zero attached hydrogens (tertiary/aromatic N) is 1. The van der Waals surface area contributed by atoms with Crippen molar-refractivity contribution in [1.29, 1.82) is 0 Å². The van der Waals surface area contributed by atoms with Crippen LogP contribution in [0.2, 0.25) is 0 Å². The molecule has 0 radical (unpaired) electrons. The minimum atomic E-state index is -0.809. The third-order valence-electron chi connectivity index (χ3n) is 10.6. The number of carbonyl (C=O) groups excluding carboxylic acids is 2. The second-order valence-electron chi connectivity index (χ2n) is 15.8. The summed E-state index contributed by atoms with van der Waals surface area (Å²) in [5.74, 6) is -1.54. The smallest absolute Gasteiger partial charge is 0.320 e. The highest BCUT2D eigenvalue weighted by Gasteiger charge is 2.41. The van der Waals surface area contributed by atoms with Gasteiger partial charge in [0.2, 0.25) is 4.99 Å². The van der Waals surface area contributed by atoms with E-state index in [2.05, 4.69) is 27.7 Å². The third kappa shape index (κ3) is 30.6. The Morgan fingerprint density at radius 3 is 1.10 bits per heavy atom. The van der Waals surface area contributed by atoms with E-state index in [0.29, 0.717) is 18.2 Å². The predicted octanol–water partition coefficient (Wildman–Crippen LogP) is 14.6. The summed E-state index contributed by atoms with van der Waals surface area (Å²) in [5, 5.41) is 0. The van der Waals surface area contributed by atoms with Gasteiger partial charge in [0.05, 0.1) is 45.5 Å². The molecule has 5 nitrogen and oxygen atoms in total. The number of ether oxygens (including phenoxy) is 2. The number of rotatable bonds is 40. The van der Waals surface area contributed by atoms with Gasteiger partial charge in [-0.1, -0.05) is 195 Å². The molecule has 0 fully saturated rings. The molecular weight excluding hydrogens is 683 g/mol. The highest BCUT2D eigenvalue weighted by atomic mass is 32.1. The van der Waals surface area contributed by atoms with Crippen molar-refractivity contribution in [2.24, 2.45) is 5.92 Å². The summed E-state index contributed by atoms with van der Waals surface area (Å²) in [6.07, 6.45) is 38.8. The maximum Gasteiger partial charge on any atom is 0.320 e. The van der Waals surface area contributed by atoms with Crippen LogP contribution in [-0.2, 0) is 19.1 Å². The highest BCUT2D eigenvalue weighted by Crippen LogP contribution is 2.27. The second-order valence-corrected chi connectivity index (χ2v) is 16.9. The lowest BCUT2D eigenvalue weighted by Gasteiger charge is -2.34. The van der Waals surface area contributed by atoms with Crippen LogP contribution < -0.4 is 0 Å². The largest absolute Gasteiger partial charge is 0.466 e. The topological polar surface area (TPSA) is 52.6 Å². The summed E-state index contributed by atoms with van der Waals surface area (Å²) in [6, 6.07) is 0. The lowest BCUT2D eigenvalue weighted by atomic mass is 10.0. The van der Waals surface area contributed by atoms with Crippen molar-refractivity contribution >= 4 is 42.0 Å². The van der Waals surface area contributed by atoms with E-state index < -0.39 is 5.92 Å². The first-order valence-electron chi connectivity index (χ1n) is 22.8. The summed E-state index contributed by atoms with van der Waals surface area (Å²) in [4.78, 5) is 27.4. The molecule has 1 atom stereocenters. The number of unbranched alkanes of at least 4 members (excludes halogenated alkanes) is 28. The van der Waals surface area contributed by atoms with Gasteiger partial charge in [0, 0.05) is 0 Å². The Labute approximate surface area is 335 Å². The quantitative estimate of drug-likeness (QED) is 0.0221. The first-order chi connectivity index (χ1) is 25.4. The molecule has 0 rings (SSSR count). The number of thiocarbonyl (C=S) groups is 1. The fraction of sp³-hybridized carbons (Fsp3) is 0.933. The molecule has 0 bridgehead atoms. The van der Waals surface area contributed by atoms with Crippen molar-refractivity contribution in [2.75, 3.05) is 26.3 Å². The van der Waals surface area contributed by atoms with Crippen LogP contribution in [0.15, 0.2) is 0 Å². The molecule has 7 heteroatoms. The number of carbonyl (C=O) groups is 2. The first kappa shape index (κ1) is 51.3. The molecule has 0 N–H and O–H groups in total.